The number of rotatable bonds is 3. The number of aromatic amines is 1. The van der Waals surface area contributed by atoms with Gasteiger partial charge in [-0.05, 0) is 30.2 Å². The van der Waals surface area contributed by atoms with Crippen LogP contribution in [0.2, 0.25) is 0 Å². The summed E-state index contributed by atoms with van der Waals surface area (Å²) < 4.78 is 0. The van der Waals surface area contributed by atoms with E-state index in [1.165, 1.54) is 0 Å². The van der Waals surface area contributed by atoms with Crippen LogP contribution in [0.1, 0.15) is 11.1 Å². The first-order valence-corrected chi connectivity index (χ1v) is 7.09. The van der Waals surface area contributed by atoms with E-state index in [1.54, 1.807) is 12.1 Å². The molecular weight excluding hydrogens is 276 g/mol. The van der Waals surface area contributed by atoms with Crippen molar-refractivity contribution in [2.75, 3.05) is 5.32 Å². The minimum atomic E-state index is -0.141. The van der Waals surface area contributed by atoms with Crippen molar-refractivity contribution in [3.63, 3.8) is 0 Å². The minimum absolute atomic E-state index is 0.0828. The molecule has 0 radical (unpaired) electrons. The number of benzene rings is 2. The van der Waals surface area contributed by atoms with Gasteiger partial charge in [0.2, 0.25) is 11.5 Å². The number of anilines is 1. The second kappa shape index (κ2) is 5.85. The molecule has 0 atom stereocenters. The van der Waals surface area contributed by atoms with Crippen LogP contribution < -0.4 is 10.9 Å². The molecule has 0 bridgehead atoms. The van der Waals surface area contributed by atoms with Gasteiger partial charge in [-0.25, -0.2) is 0 Å². The van der Waals surface area contributed by atoms with Crippen molar-refractivity contribution in [3.8, 4) is 0 Å². The topological polar surface area (TPSA) is 62.0 Å². The molecule has 110 valence electrons. The van der Waals surface area contributed by atoms with Crippen molar-refractivity contribution in [2.24, 2.45) is 0 Å². The average molecular weight is 292 g/mol. The number of amides is 1. The van der Waals surface area contributed by atoms with Crippen LogP contribution in [0.5, 0.6) is 0 Å². The van der Waals surface area contributed by atoms with Gasteiger partial charge in [-0.1, -0.05) is 36.4 Å². The average Bonchev–Trinajstić information content (AvgIpc) is 2.47. The number of nitrogens with one attached hydrogen (secondary N) is 2. The first kappa shape index (κ1) is 14.1. The highest BCUT2D eigenvalue weighted by molar-refractivity contribution is 5.95. The molecule has 0 saturated heterocycles. The molecule has 1 aromatic heterocycles. The van der Waals surface area contributed by atoms with Crippen LogP contribution >= 0.6 is 0 Å². The van der Waals surface area contributed by atoms with Crippen LogP contribution in [0.15, 0.2) is 59.4 Å². The number of pyridine rings is 1. The zero-order valence-corrected chi connectivity index (χ0v) is 12.2. The van der Waals surface area contributed by atoms with Gasteiger partial charge in [0, 0.05) is 17.1 Å². The number of aryl methyl sites for hydroxylation is 1. The third-order valence-corrected chi connectivity index (χ3v) is 3.54. The summed E-state index contributed by atoms with van der Waals surface area (Å²) in [4.78, 5) is 26.4. The Bertz CT molecular complexity index is 882. The van der Waals surface area contributed by atoms with Gasteiger partial charge in [-0.3, -0.25) is 9.59 Å². The molecule has 0 saturated carbocycles. The Morgan fingerprint density at radius 1 is 1.09 bits per heavy atom. The van der Waals surface area contributed by atoms with E-state index in [9.17, 15) is 9.59 Å². The Morgan fingerprint density at radius 3 is 2.64 bits per heavy atom. The van der Waals surface area contributed by atoms with E-state index in [4.69, 9.17) is 0 Å². The molecule has 0 aliphatic heterocycles. The maximum absolute atomic E-state index is 12.1. The summed E-state index contributed by atoms with van der Waals surface area (Å²) in [6.45, 7) is 1.89. The van der Waals surface area contributed by atoms with Crippen LogP contribution in [-0.2, 0) is 11.2 Å². The van der Waals surface area contributed by atoms with Gasteiger partial charge in [0.15, 0.2) is 0 Å². The molecule has 0 fully saturated rings. The fourth-order valence-corrected chi connectivity index (χ4v) is 2.50. The van der Waals surface area contributed by atoms with Crippen molar-refractivity contribution >= 4 is 22.5 Å². The smallest absolute Gasteiger partial charge is 0.248 e. The lowest BCUT2D eigenvalue weighted by Gasteiger charge is -2.08. The maximum atomic E-state index is 12.1. The maximum Gasteiger partial charge on any atom is 0.248 e. The van der Waals surface area contributed by atoms with Gasteiger partial charge in [-0.15, -0.1) is 0 Å². The summed E-state index contributed by atoms with van der Waals surface area (Å²) in [5, 5.41) is 3.83. The highest BCUT2D eigenvalue weighted by Crippen LogP contribution is 2.19. The molecule has 3 rings (SSSR count). The highest BCUT2D eigenvalue weighted by atomic mass is 16.1. The second-order valence-electron chi connectivity index (χ2n) is 5.29. The number of aromatic nitrogens is 1. The molecule has 0 aliphatic carbocycles. The molecule has 4 heteroatoms. The molecule has 22 heavy (non-hydrogen) atoms. The normalized spacial score (nSPS) is 10.6. The molecule has 3 aromatic rings. The van der Waals surface area contributed by atoms with Crippen molar-refractivity contribution in [3.05, 3.63) is 76.1 Å². The minimum Gasteiger partial charge on any atom is -0.326 e. The predicted octanol–water partition coefficient (Wildman–Crippen LogP) is 3.02. The number of carbonyl (C=O) groups is 1. The van der Waals surface area contributed by atoms with E-state index in [0.29, 0.717) is 12.1 Å². The van der Waals surface area contributed by atoms with Crippen molar-refractivity contribution in [2.45, 2.75) is 13.3 Å². The van der Waals surface area contributed by atoms with E-state index < -0.39 is 0 Å². The number of hydrogen-bond donors (Lipinski definition) is 2. The zero-order chi connectivity index (χ0) is 15.5. The summed E-state index contributed by atoms with van der Waals surface area (Å²) in [7, 11) is 0. The second-order valence-corrected chi connectivity index (χ2v) is 5.29. The highest BCUT2D eigenvalue weighted by Gasteiger charge is 2.06. The molecule has 0 spiro atoms. The lowest BCUT2D eigenvalue weighted by atomic mass is 10.1. The molecule has 0 unspecified atom stereocenters. The van der Waals surface area contributed by atoms with Crippen molar-refractivity contribution in [1.82, 2.24) is 4.98 Å². The Labute approximate surface area is 127 Å². The Hall–Kier alpha value is -2.88. The monoisotopic (exact) mass is 292 g/mol. The van der Waals surface area contributed by atoms with E-state index >= 15 is 0 Å². The van der Waals surface area contributed by atoms with Crippen LogP contribution in [-0.4, -0.2) is 10.9 Å². The Balaban J connectivity index is 1.82. The fraction of sp³-hybridized carbons (Fsp3) is 0.111. The summed E-state index contributed by atoms with van der Waals surface area (Å²) in [6, 6.07) is 16.7. The molecule has 4 nitrogen and oxygen atoms in total. The molecule has 1 amide bonds. The van der Waals surface area contributed by atoms with E-state index in [0.717, 1.165) is 22.0 Å². The van der Waals surface area contributed by atoms with Gasteiger partial charge in [0.1, 0.15) is 0 Å². The first-order chi connectivity index (χ1) is 10.6. The van der Waals surface area contributed by atoms with Crippen molar-refractivity contribution < 1.29 is 4.79 Å². The van der Waals surface area contributed by atoms with Gasteiger partial charge < -0.3 is 10.3 Å². The quantitative estimate of drug-likeness (QED) is 0.779. The van der Waals surface area contributed by atoms with E-state index in [-0.39, 0.29) is 11.5 Å². The lowest BCUT2D eigenvalue weighted by molar-refractivity contribution is -0.115. The molecule has 2 aromatic carbocycles. The Kier molecular flexibility index (Phi) is 3.74. The van der Waals surface area contributed by atoms with Gasteiger partial charge in [-0.2, -0.15) is 0 Å². The third-order valence-electron chi connectivity index (χ3n) is 3.54. The van der Waals surface area contributed by atoms with Crippen LogP contribution in [0.4, 0.5) is 5.69 Å². The van der Waals surface area contributed by atoms with Crippen LogP contribution in [0.3, 0.4) is 0 Å². The molecule has 1 heterocycles. The van der Waals surface area contributed by atoms with Gasteiger partial charge >= 0.3 is 0 Å². The number of carbonyl (C=O) groups excluding carboxylic acids is 1. The summed E-state index contributed by atoms with van der Waals surface area (Å²) >= 11 is 0. The standard InChI is InChI=1S/C18H16N2O2/c1-12-9-17(21)20-16-11-14(7-8-15(12)16)19-18(22)10-13-5-3-2-4-6-13/h2-9,11H,10H2,1H3,(H,19,22)(H,20,21). The zero-order valence-electron chi connectivity index (χ0n) is 12.2. The number of hydrogen-bond acceptors (Lipinski definition) is 2. The summed E-state index contributed by atoms with van der Waals surface area (Å²) in [5.41, 5.74) is 3.14. The molecular formula is C18H16N2O2. The van der Waals surface area contributed by atoms with Gasteiger partial charge in [0.05, 0.1) is 11.9 Å². The fourth-order valence-electron chi connectivity index (χ4n) is 2.50. The number of H-pyrrole nitrogens is 1. The first-order valence-electron chi connectivity index (χ1n) is 7.09. The molecule has 2 N–H and O–H groups in total. The lowest BCUT2D eigenvalue weighted by Crippen LogP contribution is -2.14. The SMILES string of the molecule is Cc1cc(=O)[nH]c2cc(NC(=O)Cc3ccccc3)ccc12. The van der Waals surface area contributed by atoms with Gasteiger partial charge in [0.25, 0.3) is 0 Å². The van der Waals surface area contributed by atoms with E-state index in [1.807, 2.05) is 49.4 Å². The summed E-state index contributed by atoms with van der Waals surface area (Å²) in [5.74, 6) is -0.0828. The third kappa shape index (κ3) is 3.06. The number of fused-ring (bicyclic) bond motifs is 1. The van der Waals surface area contributed by atoms with Crippen LogP contribution in [0.25, 0.3) is 10.9 Å². The summed E-state index contributed by atoms with van der Waals surface area (Å²) in [6.07, 6.45) is 0.323. The largest absolute Gasteiger partial charge is 0.326 e. The van der Waals surface area contributed by atoms with E-state index in [2.05, 4.69) is 10.3 Å². The van der Waals surface area contributed by atoms with Crippen LogP contribution in [0, 0.1) is 6.92 Å². The molecule has 0 aliphatic rings. The Morgan fingerprint density at radius 2 is 1.86 bits per heavy atom. The van der Waals surface area contributed by atoms with Crippen molar-refractivity contribution in [1.29, 1.82) is 0 Å². The predicted molar refractivity (Wildman–Crippen MR) is 88.1 cm³/mol.